The van der Waals surface area contributed by atoms with Crippen LogP contribution in [0.3, 0.4) is 0 Å². The van der Waals surface area contributed by atoms with E-state index in [1.165, 1.54) is 6.42 Å². The lowest BCUT2D eigenvalue weighted by Crippen LogP contribution is -2.41. The maximum Gasteiger partial charge on any atom is 0.254 e. The first-order chi connectivity index (χ1) is 15.3. The van der Waals surface area contributed by atoms with Crippen LogP contribution in [0, 0.1) is 0 Å². The summed E-state index contributed by atoms with van der Waals surface area (Å²) in [7, 11) is 0. The first-order valence-corrected chi connectivity index (χ1v) is 10.9. The van der Waals surface area contributed by atoms with Gasteiger partial charge < -0.3 is 4.90 Å². The summed E-state index contributed by atoms with van der Waals surface area (Å²) >= 11 is 0. The van der Waals surface area contributed by atoms with Gasteiger partial charge in [0.15, 0.2) is 5.65 Å². The molecule has 1 aliphatic rings. The molecule has 2 heterocycles. The zero-order valence-corrected chi connectivity index (χ0v) is 17.4. The highest BCUT2D eigenvalue weighted by atomic mass is 16.2. The second-order valence-corrected chi connectivity index (χ2v) is 8.16. The molecule has 2 aromatic heterocycles. The highest BCUT2D eigenvalue weighted by Crippen LogP contribution is 2.28. The van der Waals surface area contributed by atoms with E-state index in [-0.39, 0.29) is 11.9 Å². The van der Waals surface area contributed by atoms with E-state index in [1.54, 1.807) is 4.52 Å². The van der Waals surface area contributed by atoms with Crippen molar-refractivity contribution in [3.8, 4) is 11.1 Å². The molecule has 1 saturated carbocycles. The molecular weight excluding hydrogens is 386 g/mol. The normalized spacial score (nSPS) is 14.6. The minimum atomic E-state index is 0.0724. The molecule has 156 valence electrons. The van der Waals surface area contributed by atoms with E-state index < -0.39 is 0 Å². The summed E-state index contributed by atoms with van der Waals surface area (Å²) in [4.78, 5) is 15.6. The molecule has 1 amide bonds. The Morgan fingerprint density at radius 2 is 1.65 bits per heavy atom. The van der Waals surface area contributed by atoms with E-state index in [2.05, 4.69) is 33.7 Å². The Hall–Kier alpha value is -3.54. The molecule has 0 bridgehead atoms. The van der Waals surface area contributed by atoms with Crippen LogP contribution in [0.5, 0.6) is 0 Å². The van der Waals surface area contributed by atoms with Crippen LogP contribution >= 0.6 is 0 Å². The molecule has 6 nitrogen and oxygen atoms in total. The van der Waals surface area contributed by atoms with Crippen LogP contribution in [0.15, 0.2) is 72.9 Å². The first kappa shape index (κ1) is 19.4. The predicted molar refractivity (Wildman–Crippen MR) is 119 cm³/mol. The molecule has 0 spiro atoms. The number of aromatic nitrogens is 4. The Bertz CT molecular complexity index is 1170. The lowest BCUT2D eigenvalue weighted by atomic mass is 9.93. The van der Waals surface area contributed by atoms with Gasteiger partial charge >= 0.3 is 0 Å². The van der Waals surface area contributed by atoms with Crippen molar-refractivity contribution in [3.05, 3.63) is 84.1 Å². The summed E-state index contributed by atoms with van der Waals surface area (Å²) in [6, 6.07) is 22.1. The van der Waals surface area contributed by atoms with E-state index in [4.69, 9.17) is 0 Å². The van der Waals surface area contributed by atoms with E-state index in [1.807, 2.05) is 59.6 Å². The van der Waals surface area contributed by atoms with Crippen LogP contribution in [-0.2, 0) is 6.54 Å². The Labute approximate surface area is 181 Å². The minimum absolute atomic E-state index is 0.0724. The number of pyridine rings is 1. The lowest BCUT2D eigenvalue weighted by Gasteiger charge is -2.34. The molecule has 2 aromatic carbocycles. The first-order valence-electron chi connectivity index (χ1n) is 10.9. The summed E-state index contributed by atoms with van der Waals surface area (Å²) < 4.78 is 1.71. The van der Waals surface area contributed by atoms with Crippen LogP contribution in [-0.4, -0.2) is 36.9 Å². The van der Waals surface area contributed by atoms with Crippen molar-refractivity contribution in [1.29, 1.82) is 0 Å². The van der Waals surface area contributed by atoms with Gasteiger partial charge in [0.05, 0.1) is 6.54 Å². The fourth-order valence-corrected chi connectivity index (χ4v) is 4.51. The van der Waals surface area contributed by atoms with Crippen LogP contribution in [0.4, 0.5) is 0 Å². The number of rotatable bonds is 5. The second-order valence-electron chi connectivity index (χ2n) is 8.16. The molecule has 0 radical (unpaired) electrons. The standard InChI is InChI=1S/C25H25N5O/c31-25(20-12-6-2-7-13-20)29(23-14-8-3-9-15-23)17-22-16-21(19-10-4-1-5-11-19)18-30-24(22)26-27-28-30/h1-2,4-7,10-13,16,18,23H,3,8-9,14-15,17H2. The van der Waals surface area contributed by atoms with Gasteiger partial charge in [-0.05, 0) is 47.0 Å². The topological polar surface area (TPSA) is 63.4 Å². The van der Waals surface area contributed by atoms with Gasteiger partial charge in [0, 0.05) is 28.9 Å². The molecule has 0 N–H and O–H groups in total. The molecular formula is C25H25N5O. The number of carbonyl (C=O) groups is 1. The van der Waals surface area contributed by atoms with Crippen LogP contribution < -0.4 is 0 Å². The number of carbonyl (C=O) groups excluding carboxylic acids is 1. The molecule has 0 saturated heterocycles. The highest BCUT2D eigenvalue weighted by molar-refractivity contribution is 5.94. The van der Waals surface area contributed by atoms with E-state index in [0.29, 0.717) is 12.2 Å². The number of nitrogens with zero attached hydrogens (tertiary/aromatic N) is 5. The average molecular weight is 412 g/mol. The molecule has 0 atom stereocenters. The summed E-state index contributed by atoms with van der Waals surface area (Å²) in [6.45, 7) is 0.489. The average Bonchev–Trinajstić information content (AvgIpc) is 3.33. The quantitative estimate of drug-likeness (QED) is 0.475. The van der Waals surface area contributed by atoms with Crippen LogP contribution in [0.25, 0.3) is 16.8 Å². The molecule has 0 unspecified atom stereocenters. The Balaban J connectivity index is 1.55. The predicted octanol–water partition coefficient (Wildman–Crippen LogP) is 4.77. The van der Waals surface area contributed by atoms with Crippen LogP contribution in [0.2, 0.25) is 0 Å². The number of hydrogen-bond acceptors (Lipinski definition) is 4. The maximum atomic E-state index is 13.5. The molecule has 5 rings (SSSR count). The third kappa shape index (κ3) is 4.06. The van der Waals surface area contributed by atoms with Crippen molar-refractivity contribution in [2.24, 2.45) is 0 Å². The summed E-state index contributed by atoms with van der Waals surface area (Å²) in [5.74, 6) is 0.0724. The van der Waals surface area contributed by atoms with Crippen molar-refractivity contribution in [3.63, 3.8) is 0 Å². The SMILES string of the molecule is O=C(c1ccccc1)N(Cc1cc(-c2ccccc2)cn2nnnc12)C1CCCCC1. The van der Waals surface area contributed by atoms with Gasteiger partial charge in [-0.15, -0.1) is 5.10 Å². The fourth-order valence-electron chi connectivity index (χ4n) is 4.51. The third-order valence-electron chi connectivity index (χ3n) is 6.12. The Kier molecular flexibility index (Phi) is 5.44. The van der Waals surface area contributed by atoms with Crippen molar-refractivity contribution in [1.82, 2.24) is 24.9 Å². The number of hydrogen-bond donors (Lipinski definition) is 0. The van der Waals surface area contributed by atoms with Gasteiger partial charge in [-0.25, -0.2) is 0 Å². The number of tetrazole rings is 1. The third-order valence-corrected chi connectivity index (χ3v) is 6.12. The lowest BCUT2D eigenvalue weighted by molar-refractivity contribution is 0.0615. The zero-order chi connectivity index (χ0) is 21.0. The second kappa shape index (κ2) is 8.68. The number of benzene rings is 2. The van der Waals surface area contributed by atoms with E-state index in [0.717, 1.165) is 47.9 Å². The highest BCUT2D eigenvalue weighted by Gasteiger charge is 2.27. The fraction of sp³-hybridized carbons (Fsp3) is 0.280. The zero-order valence-electron chi connectivity index (χ0n) is 17.4. The smallest absolute Gasteiger partial charge is 0.254 e. The van der Waals surface area contributed by atoms with Crippen molar-refractivity contribution < 1.29 is 4.79 Å². The van der Waals surface area contributed by atoms with Gasteiger partial charge in [-0.3, -0.25) is 4.79 Å². The monoisotopic (exact) mass is 411 g/mol. The van der Waals surface area contributed by atoms with E-state index in [9.17, 15) is 4.79 Å². The molecule has 4 aromatic rings. The molecule has 1 fully saturated rings. The van der Waals surface area contributed by atoms with Crippen LogP contribution in [0.1, 0.15) is 48.0 Å². The van der Waals surface area contributed by atoms with Crippen molar-refractivity contribution >= 4 is 11.6 Å². The summed E-state index contributed by atoms with van der Waals surface area (Å²) in [6.07, 6.45) is 7.59. The van der Waals surface area contributed by atoms with Gasteiger partial charge in [0.1, 0.15) is 0 Å². The molecule has 6 heteroatoms. The molecule has 1 aliphatic carbocycles. The van der Waals surface area contributed by atoms with E-state index >= 15 is 0 Å². The molecule has 0 aliphatic heterocycles. The Morgan fingerprint density at radius 1 is 0.935 bits per heavy atom. The number of amides is 1. The van der Waals surface area contributed by atoms with Crippen molar-refractivity contribution in [2.45, 2.75) is 44.7 Å². The van der Waals surface area contributed by atoms with Gasteiger partial charge in [-0.1, -0.05) is 67.8 Å². The summed E-state index contributed by atoms with van der Waals surface area (Å²) in [5, 5.41) is 12.3. The maximum absolute atomic E-state index is 13.5. The van der Waals surface area contributed by atoms with Gasteiger partial charge in [-0.2, -0.15) is 4.52 Å². The Morgan fingerprint density at radius 3 is 2.39 bits per heavy atom. The van der Waals surface area contributed by atoms with Crippen molar-refractivity contribution in [2.75, 3.05) is 0 Å². The number of fused-ring (bicyclic) bond motifs is 1. The van der Waals surface area contributed by atoms with Gasteiger partial charge in [0.25, 0.3) is 5.91 Å². The summed E-state index contributed by atoms with van der Waals surface area (Å²) in [5.41, 5.74) is 4.51. The minimum Gasteiger partial charge on any atom is -0.331 e. The largest absolute Gasteiger partial charge is 0.331 e. The van der Waals surface area contributed by atoms with Gasteiger partial charge in [0.2, 0.25) is 0 Å². The molecule has 31 heavy (non-hydrogen) atoms.